The third-order valence-corrected chi connectivity index (χ3v) is 4.29. The molecule has 1 aromatic rings. The van der Waals surface area contributed by atoms with Gasteiger partial charge in [-0.3, -0.25) is 4.79 Å². The number of carbonyl (C=O) groups is 2. The number of urea groups is 1. The summed E-state index contributed by atoms with van der Waals surface area (Å²) in [6.07, 6.45) is 0.418. The number of nitrogens with one attached hydrogen (secondary N) is 1. The molecular weight excluding hydrogens is 303 g/mol. The number of likely N-dealkylation sites (tertiary alicyclic amines) is 1. The molecule has 1 aromatic carbocycles. The Balaban J connectivity index is 2.00. The SMILES string of the molecule is COc1ccc(C(C)NC(=O)N2CCC(C)(C(=O)O)C2)cc1F. The van der Waals surface area contributed by atoms with Crippen LogP contribution in [0.2, 0.25) is 0 Å². The lowest BCUT2D eigenvalue weighted by Gasteiger charge is -2.23. The molecule has 2 unspecified atom stereocenters. The van der Waals surface area contributed by atoms with Gasteiger partial charge < -0.3 is 20.1 Å². The van der Waals surface area contributed by atoms with Gasteiger partial charge in [0.15, 0.2) is 11.6 Å². The summed E-state index contributed by atoms with van der Waals surface area (Å²) in [5.74, 6) is -1.26. The zero-order valence-corrected chi connectivity index (χ0v) is 13.4. The van der Waals surface area contributed by atoms with Gasteiger partial charge in [0.25, 0.3) is 0 Å². The highest BCUT2D eigenvalue weighted by atomic mass is 19.1. The maximum atomic E-state index is 13.7. The molecule has 126 valence electrons. The Kier molecular flexibility index (Phi) is 4.77. The Morgan fingerprint density at radius 1 is 1.48 bits per heavy atom. The van der Waals surface area contributed by atoms with Gasteiger partial charge in [-0.2, -0.15) is 0 Å². The maximum absolute atomic E-state index is 13.7. The lowest BCUT2D eigenvalue weighted by atomic mass is 9.90. The molecular formula is C16H21FN2O4. The monoisotopic (exact) mass is 324 g/mol. The van der Waals surface area contributed by atoms with E-state index >= 15 is 0 Å². The number of hydrogen-bond donors (Lipinski definition) is 2. The molecule has 0 aromatic heterocycles. The number of carboxylic acid groups (broad SMARTS) is 1. The van der Waals surface area contributed by atoms with Gasteiger partial charge in [0.2, 0.25) is 0 Å². The molecule has 1 heterocycles. The largest absolute Gasteiger partial charge is 0.494 e. The Bertz CT molecular complexity index is 622. The summed E-state index contributed by atoms with van der Waals surface area (Å²) in [5.41, 5.74) is -0.302. The Morgan fingerprint density at radius 2 is 2.17 bits per heavy atom. The highest BCUT2D eigenvalue weighted by Crippen LogP contribution is 2.30. The van der Waals surface area contributed by atoms with Crippen LogP contribution in [0.5, 0.6) is 5.75 Å². The van der Waals surface area contributed by atoms with Crippen molar-refractivity contribution in [2.24, 2.45) is 5.41 Å². The number of rotatable bonds is 4. The highest BCUT2D eigenvalue weighted by molar-refractivity contribution is 5.79. The fourth-order valence-electron chi connectivity index (χ4n) is 2.62. The number of ether oxygens (including phenoxy) is 1. The second-order valence-corrected chi connectivity index (χ2v) is 6.10. The van der Waals surface area contributed by atoms with E-state index in [9.17, 15) is 19.1 Å². The quantitative estimate of drug-likeness (QED) is 0.891. The number of carboxylic acids is 1. The minimum Gasteiger partial charge on any atom is -0.494 e. The number of methoxy groups -OCH3 is 1. The average Bonchev–Trinajstić information content (AvgIpc) is 2.91. The molecule has 23 heavy (non-hydrogen) atoms. The zero-order valence-electron chi connectivity index (χ0n) is 13.4. The fraction of sp³-hybridized carbons (Fsp3) is 0.500. The van der Waals surface area contributed by atoms with Gasteiger partial charge in [-0.05, 0) is 38.0 Å². The molecule has 2 amide bonds. The van der Waals surface area contributed by atoms with Crippen molar-refractivity contribution in [3.8, 4) is 5.75 Å². The highest BCUT2D eigenvalue weighted by Gasteiger charge is 2.42. The van der Waals surface area contributed by atoms with E-state index in [2.05, 4.69) is 5.32 Å². The van der Waals surface area contributed by atoms with Gasteiger partial charge in [0.05, 0.1) is 18.6 Å². The molecule has 0 spiro atoms. The molecule has 7 heteroatoms. The number of aliphatic carboxylic acids is 1. The number of benzene rings is 1. The van der Waals surface area contributed by atoms with E-state index in [1.165, 1.54) is 24.1 Å². The molecule has 0 bridgehead atoms. The van der Waals surface area contributed by atoms with E-state index in [4.69, 9.17) is 4.74 Å². The number of halogens is 1. The minimum atomic E-state index is -0.910. The predicted molar refractivity (Wildman–Crippen MR) is 81.8 cm³/mol. The van der Waals surface area contributed by atoms with Crippen LogP contribution in [0.15, 0.2) is 18.2 Å². The van der Waals surface area contributed by atoms with E-state index in [0.717, 1.165) is 0 Å². The number of nitrogens with zero attached hydrogens (tertiary/aromatic N) is 1. The standard InChI is InChI=1S/C16H21FN2O4/c1-10(11-4-5-13(23-3)12(17)8-11)18-15(22)19-7-6-16(2,9-19)14(20)21/h4-5,8,10H,6-7,9H2,1-3H3,(H,18,22)(H,20,21). The summed E-state index contributed by atoms with van der Waals surface area (Å²) in [5, 5.41) is 12.0. The molecule has 1 aliphatic rings. The first-order valence-corrected chi connectivity index (χ1v) is 7.39. The summed E-state index contributed by atoms with van der Waals surface area (Å²) in [6, 6.07) is 3.75. The number of carbonyl (C=O) groups excluding carboxylic acids is 1. The molecule has 0 aliphatic carbocycles. The van der Waals surface area contributed by atoms with Gasteiger partial charge in [-0.15, -0.1) is 0 Å². The van der Waals surface area contributed by atoms with Gasteiger partial charge >= 0.3 is 12.0 Å². The zero-order chi connectivity index (χ0) is 17.2. The first-order valence-electron chi connectivity index (χ1n) is 7.39. The van der Waals surface area contributed by atoms with Gasteiger partial charge in [-0.1, -0.05) is 6.07 Å². The van der Waals surface area contributed by atoms with Crippen molar-refractivity contribution in [1.29, 1.82) is 0 Å². The topological polar surface area (TPSA) is 78.9 Å². The molecule has 1 fully saturated rings. The summed E-state index contributed by atoms with van der Waals surface area (Å²) in [6.45, 7) is 3.92. The van der Waals surface area contributed by atoms with E-state index in [-0.39, 0.29) is 18.3 Å². The van der Waals surface area contributed by atoms with Crippen molar-refractivity contribution in [1.82, 2.24) is 10.2 Å². The summed E-state index contributed by atoms with van der Waals surface area (Å²) in [7, 11) is 1.39. The molecule has 0 saturated carbocycles. The minimum absolute atomic E-state index is 0.143. The predicted octanol–water partition coefficient (Wildman–Crippen LogP) is 2.40. The van der Waals surface area contributed by atoms with E-state index < -0.39 is 23.2 Å². The molecule has 2 N–H and O–H groups in total. The van der Waals surface area contributed by atoms with Gasteiger partial charge in [0, 0.05) is 13.1 Å². The molecule has 1 saturated heterocycles. The van der Waals surface area contributed by atoms with Crippen LogP contribution < -0.4 is 10.1 Å². The van der Waals surface area contributed by atoms with Crippen molar-refractivity contribution in [3.05, 3.63) is 29.6 Å². The lowest BCUT2D eigenvalue weighted by molar-refractivity contribution is -0.147. The van der Waals surface area contributed by atoms with Crippen LogP contribution >= 0.6 is 0 Å². The average molecular weight is 324 g/mol. The van der Waals surface area contributed by atoms with Crippen molar-refractivity contribution >= 4 is 12.0 Å². The molecule has 0 radical (unpaired) electrons. The van der Waals surface area contributed by atoms with E-state index in [1.54, 1.807) is 19.9 Å². The van der Waals surface area contributed by atoms with Crippen LogP contribution in [0.3, 0.4) is 0 Å². The van der Waals surface area contributed by atoms with Gasteiger partial charge in [-0.25, -0.2) is 9.18 Å². The van der Waals surface area contributed by atoms with Crippen LogP contribution in [0.25, 0.3) is 0 Å². The lowest BCUT2D eigenvalue weighted by Crippen LogP contribution is -2.41. The third-order valence-electron chi connectivity index (χ3n) is 4.29. The molecule has 2 rings (SSSR count). The van der Waals surface area contributed by atoms with Crippen LogP contribution in [-0.4, -0.2) is 42.2 Å². The van der Waals surface area contributed by atoms with Crippen LogP contribution in [0, 0.1) is 11.2 Å². The summed E-state index contributed by atoms with van der Waals surface area (Å²) >= 11 is 0. The summed E-state index contributed by atoms with van der Waals surface area (Å²) < 4.78 is 18.6. The normalized spacial score (nSPS) is 21.8. The first kappa shape index (κ1) is 17.1. The van der Waals surface area contributed by atoms with E-state index in [1.807, 2.05) is 0 Å². The maximum Gasteiger partial charge on any atom is 0.317 e. The molecule has 6 nitrogen and oxygen atoms in total. The van der Waals surface area contributed by atoms with Crippen LogP contribution in [0.1, 0.15) is 31.9 Å². The van der Waals surface area contributed by atoms with Crippen molar-refractivity contribution < 1.29 is 23.8 Å². The fourth-order valence-corrected chi connectivity index (χ4v) is 2.62. The van der Waals surface area contributed by atoms with E-state index in [0.29, 0.717) is 18.5 Å². The van der Waals surface area contributed by atoms with Crippen LogP contribution in [-0.2, 0) is 4.79 Å². The second-order valence-electron chi connectivity index (χ2n) is 6.10. The molecule has 2 atom stereocenters. The Hall–Kier alpha value is -2.31. The number of hydrogen-bond acceptors (Lipinski definition) is 3. The van der Waals surface area contributed by atoms with Crippen molar-refractivity contribution in [2.45, 2.75) is 26.3 Å². The third kappa shape index (κ3) is 3.55. The second kappa shape index (κ2) is 6.44. The molecule has 1 aliphatic heterocycles. The van der Waals surface area contributed by atoms with Crippen molar-refractivity contribution in [2.75, 3.05) is 20.2 Å². The Labute approximate surface area is 134 Å². The smallest absolute Gasteiger partial charge is 0.317 e. The first-order chi connectivity index (χ1) is 10.8. The van der Waals surface area contributed by atoms with Crippen molar-refractivity contribution in [3.63, 3.8) is 0 Å². The number of amides is 2. The summed E-state index contributed by atoms with van der Waals surface area (Å²) in [4.78, 5) is 24.9. The van der Waals surface area contributed by atoms with Crippen LogP contribution in [0.4, 0.5) is 9.18 Å². The van der Waals surface area contributed by atoms with Gasteiger partial charge in [0.1, 0.15) is 0 Å². The Morgan fingerprint density at radius 3 is 2.70 bits per heavy atom.